The molecule has 6 heteroatoms. The Hall–Kier alpha value is -3.02. The van der Waals surface area contributed by atoms with Gasteiger partial charge in [-0.25, -0.2) is 4.39 Å². The van der Waals surface area contributed by atoms with Crippen molar-refractivity contribution in [3.63, 3.8) is 0 Å². The second-order valence-corrected chi connectivity index (χ2v) is 6.03. The summed E-state index contributed by atoms with van der Waals surface area (Å²) in [5.74, 6) is -0.0583. The van der Waals surface area contributed by atoms with Gasteiger partial charge in [0.05, 0.1) is 0 Å². The molecule has 0 aliphatic carbocycles. The second-order valence-electron chi connectivity index (χ2n) is 6.03. The Bertz CT molecular complexity index is 862. The molecule has 3 aromatic rings. The van der Waals surface area contributed by atoms with Gasteiger partial charge in [-0.3, -0.25) is 4.79 Å². The van der Waals surface area contributed by atoms with Crippen LogP contribution in [0.3, 0.4) is 0 Å². The Balaban J connectivity index is 1.82. The maximum atomic E-state index is 13.3. The van der Waals surface area contributed by atoms with Crippen LogP contribution in [0.4, 0.5) is 4.39 Å². The van der Waals surface area contributed by atoms with E-state index in [9.17, 15) is 9.18 Å². The van der Waals surface area contributed by atoms with Gasteiger partial charge in [0.25, 0.3) is 5.91 Å². The maximum absolute atomic E-state index is 13.3. The summed E-state index contributed by atoms with van der Waals surface area (Å²) >= 11 is 0. The molecule has 1 amide bonds. The number of nitrogens with zero attached hydrogens (tertiary/aromatic N) is 2. The number of rotatable bonds is 5. The van der Waals surface area contributed by atoms with Gasteiger partial charge in [0.2, 0.25) is 11.7 Å². The van der Waals surface area contributed by atoms with Crippen LogP contribution in [0.2, 0.25) is 0 Å². The molecular weight excluding hydrogens is 321 g/mol. The third-order valence-corrected chi connectivity index (χ3v) is 3.78. The fourth-order valence-corrected chi connectivity index (χ4v) is 2.43. The van der Waals surface area contributed by atoms with Crippen molar-refractivity contribution >= 4 is 5.91 Å². The third kappa shape index (κ3) is 3.91. The normalized spacial score (nSPS) is 12.2. The minimum atomic E-state index is -0.472. The molecule has 25 heavy (non-hydrogen) atoms. The van der Waals surface area contributed by atoms with E-state index in [-0.39, 0.29) is 11.5 Å². The van der Waals surface area contributed by atoms with Gasteiger partial charge in [0, 0.05) is 11.1 Å². The number of hydrogen-bond donors (Lipinski definition) is 1. The van der Waals surface area contributed by atoms with Gasteiger partial charge in [-0.15, -0.1) is 0 Å². The largest absolute Gasteiger partial charge is 0.340 e. The lowest BCUT2D eigenvalue weighted by atomic mass is 10.0. The predicted octanol–water partition coefficient (Wildman–Crippen LogP) is 4.00. The first-order valence-corrected chi connectivity index (χ1v) is 8.00. The number of carbonyl (C=O) groups excluding carboxylic acids is 1. The van der Waals surface area contributed by atoms with E-state index < -0.39 is 17.8 Å². The van der Waals surface area contributed by atoms with Crippen molar-refractivity contribution < 1.29 is 13.7 Å². The van der Waals surface area contributed by atoms with Crippen LogP contribution in [-0.2, 0) is 0 Å². The highest BCUT2D eigenvalue weighted by atomic mass is 19.1. The molecule has 0 saturated heterocycles. The molecule has 1 heterocycles. The maximum Gasteiger partial charge on any atom is 0.252 e. The number of benzene rings is 2. The fourth-order valence-electron chi connectivity index (χ4n) is 2.43. The van der Waals surface area contributed by atoms with Crippen LogP contribution in [-0.4, -0.2) is 16.0 Å². The molecule has 0 radical (unpaired) electrons. The molecule has 2 aromatic carbocycles. The van der Waals surface area contributed by atoms with Crippen LogP contribution in [0.25, 0.3) is 11.4 Å². The van der Waals surface area contributed by atoms with Gasteiger partial charge >= 0.3 is 0 Å². The number of nitrogens with one attached hydrogen (secondary N) is 1. The first-order valence-electron chi connectivity index (χ1n) is 8.00. The van der Waals surface area contributed by atoms with Crippen LogP contribution in [0, 0.1) is 11.7 Å². The van der Waals surface area contributed by atoms with E-state index in [4.69, 9.17) is 4.52 Å². The first-order chi connectivity index (χ1) is 12.0. The zero-order chi connectivity index (χ0) is 17.8. The van der Waals surface area contributed by atoms with Crippen molar-refractivity contribution in [2.75, 3.05) is 0 Å². The Labute approximate surface area is 144 Å². The molecule has 1 atom stereocenters. The monoisotopic (exact) mass is 339 g/mol. The summed E-state index contributed by atoms with van der Waals surface area (Å²) in [6.45, 7) is 3.87. The van der Waals surface area contributed by atoms with E-state index in [2.05, 4.69) is 15.5 Å². The van der Waals surface area contributed by atoms with E-state index >= 15 is 0 Å². The molecule has 3 rings (SSSR count). The van der Waals surface area contributed by atoms with Crippen molar-refractivity contribution in [2.45, 2.75) is 19.9 Å². The van der Waals surface area contributed by atoms with Crippen LogP contribution in [0.15, 0.2) is 59.1 Å². The minimum absolute atomic E-state index is 0.0154. The van der Waals surface area contributed by atoms with E-state index in [1.807, 2.05) is 44.2 Å². The molecule has 1 N–H and O–H groups in total. The summed E-state index contributed by atoms with van der Waals surface area (Å²) in [4.78, 5) is 16.8. The molecule has 5 nitrogen and oxygen atoms in total. The average molecular weight is 339 g/mol. The summed E-state index contributed by atoms with van der Waals surface area (Å²) in [7, 11) is 0. The topological polar surface area (TPSA) is 68.0 Å². The van der Waals surface area contributed by atoms with Gasteiger partial charge in [0.1, 0.15) is 11.9 Å². The van der Waals surface area contributed by atoms with Crippen LogP contribution < -0.4 is 5.32 Å². The number of hydrogen-bond acceptors (Lipinski definition) is 4. The lowest BCUT2D eigenvalue weighted by molar-refractivity contribution is 0.0913. The third-order valence-electron chi connectivity index (χ3n) is 3.78. The Morgan fingerprint density at radius 3 is 2.56 bits per heavy atom. The molecular formula is C19H18FN3O2. The number of halogens is 1. The van der Waals surface area contributed by atoms with Gasteiger partial charge in [0.15, 0.2) is 0 Å². The van der Waals surface area contributed by atoms with Gasteiger partial charge < -0.3 is 9.84 Å². The first kappa shape index (κ1) is 16.8. The van der Waals surface area contributed by atoms with Crippen molar-refractivity contribution in [3.8, 4) is 11.4 Å². The van der Waals surface area contributed by atoms with Gasteiger partial charge in [-0.05, 0) is 24.1 Å². The highest BCUT2D eigenvalue weighted by Crippen LogP contribution is 2.24. The van der Waals surface area contributed by atoms with Crippen LogP contribution >= 0.6 is 0 Å². The second kappa shape index (κ2) is 7.25. The fraction of sp³-hybridized carbons (Fsp3) is 0.211. The minimum Gasteiger partial charge on any atom is -0.340 e. The summed E-state index contributed by atoms with van der Waals surface area (Å²) in [5.41, 5.74) is 1.07. The smallest absolute Gasteiger partial charge is 0.252 e. The summed E-state index contributed by atoms with van der Waals surface area (Å²) in [5, 5.41) is 6.83. The van der Waals surface area contributed by atoms with Gasteiger partial charge in [-0.2, -0.15) is 4.98 Å². The average Bonchev–Trinajstić information content (AvgIpc) is 3.09. The lowest BCUT2D eigenvalue weighted by Gasteiger charge is -2.18. The molecule has 0 unspecified atom stereocenters. The molecule has 128 valence electrons. The number of aromatic nitrogens is 2. The van der Waals surface area contributed by atoms with E-state index in [1.165, 1.54) is 18.2 Å². The zero-order valence-electron chi connectivity index (χ0n) is 13.9. The van der Waals surface area contributed by atoms with Crippen molar-refractivity contribution in [2.24, 2.45) is 5.92 Å². The summed E-state index contributed by atoms with van der Waals surface area (Å²) in [6.07, 6.45) is 0. The molecule has 0 aliphatic rings. The van der Waals surface area contributed by atoms with E-state index in [0.717, 1.165) is 5.56 Å². The molecule has 0 saturated carbocycles. The lowest BCUT2D eigenvalue weighted by Crippen LogP contribution is -2.32. The molecule has 0 spiro atoms. The number of amides is 1. The van der Waals surface area contributed by atoms with Crippen molar-refractivity contribution in [1.82, 2.24) is 15.5 Å². The zero-order valence-corrected chi connectivity index (χ0v) is 13.9. The van der Waals surface area contributed by atoms with Crippen molar-refractivity contribution in [1.29, 1.82) is 0 Å². The standard InChI is InChI=1S/C19H18FN3O2/c1-12(2)16(21-18(24)14-9-6-10-15(20)11-14)19-22-17(23-25-19)13-7-4-3-5-8-13/h3-12,16H,1-2H3,(H,21,24)/t16-/m0/s1. The SMILES string of the molecule is CC(C)[C@H](NC(=O)c1cccc(F)c1)c1nc(-c2ccccc2)no1. The van der Waals surface area contributed by atoms with E-state index in [0.29, 0.717) is 11.7 Å². The van der Waals surface area contributed by atoms with Crippen LogP contribution in [0.1, 0.15) is 36.1 Å². The molecule has 0 bridgehead atoms. The predicted molar refractivity (Wildman–Crippen MR) is 91.2 cm³/mol. The molecule has 1 aromatic heterocycles. The number of carbonyl (C=O) groups is 1. The van der Waals surface area contributed by atoms with Crippen LogP contribution in [0.5, 0.6) is 0 Å². The Kier molecular flexibility index (Phi) is 4.88. The highest BCUT2D eigenvalue weighted by molar-refractivity contribution is 5.94. The Morgan fingerprint density at radius 2 is 1.88 bits per heavy atom. The molecule has 0 fully saturated rings. The van der Waals surface area contributed by atoms with Crippen molar-refractivity contribution in [3.05, 3.63) is 71.9 Å². The molecule has 0 aliphatic heterocycles. The summed E-state index contributed by atoms with van der Waals surface area (Å²) < 4.78 is 18.7. The van der Waals surface area contributed by atoms with Gasteiger partial charge in [-0.1, -0.05) is 55.4 Å². The quantitative estimate of drug-likeness (QED) is 0.763. The summed E-state index contributed by atoms with van der Waals surface area (Å²) in [6, 6.07) is 14.5. The van der Waals surface area contributed by atoms with E-state index in [1.54, 1.807) is 6.07 Å². The Morgan fingerprint density at radius 1 is 1.12 bits per heavy atom. The highest BCUT2D eigenvalue weighted by Gasteiger charge is 2.25.